The molecule has 1 unspecified atom stereocenters. The van der Waals surface area contributed by atoms with Crippen molar-refractivity contribution in [1.29, 1.82) is 0 Å². The number of nitrogens with one attached hydrogen (secondary N) is 1. The number of rotatable bonds is 11. The summed E-state index contributed by atoms with van der Waals surface area (Å²) < 4.78 is 47.2. The van der Waals surface area contributed by atoms with E-state index in [-0.39, 0.29) is 18.5 Å². The first kappa shape index (κ1) is 33.1. The topological polar surface area (TPSA) is 61.9 Å². The molecule has 2 aliphatic rings. The standard InChI is InChI=1S/C39H40F3N3O3/c1-2-3-11-23-45(26-39(40,41)42)38(47)36-31-16-8-7-15-29(31)30-18-12-19-33(35(30)36)44-24-21-27(22-25-44)43-37(46)32-17-9-10-20-34(32)48-28-13-5-4-6-14-28/h4-10,12-20,27,36H,2-3,11,21-26H2,1H3,(H,43,46). The van der Waals surface area contributed by atoms with E-state index < -0.39 is 24.5 Å². The van der Waals surface area contributed by atoms with Crippen molar-refractivity contribution in [2.24, 2.45) is 0 Å². The highest BCUT2D eigenvalue weighted by atomic mass is 19.4. The van der Waals surface area contributed by atoms with Crippen LogP contribution in [-0.2, 0) is 4.79 Å². The van der Waals surface area contributed by atoms with Crippen molar-refractivity contribution in [3.63, 3.8) is 0 Å². The number of hydrogen-bond donors (Lipinski definition) is 1. The quantitative estimate of drug-likeness (QED) is 0.165. The van der Waals surface area contributed by atoms with Gasteiger partial charge in [0.05, 0.1) is 11.5 Å². The van der Waals surface area contributed by atoms with Crippen LogP contribution in [0.5, 0.6) is 11.5 Å². The third-order valence-electron chi connectivity index (χ3n) is 9.17. The van der Waals surface area contributed by atoms with Gasteiger partial charge in [-0.25, -0.2) is 0 Å². The van der Waals surface area contributed by atoms with Crippen LogP contribution in [0.25, 0.3) is 11.1 Å². The molecule has 0 spiro atoms. The summed E-state index contributed by atoms with van der Waals surface area (Å²) in [5, 5.41) is 3.17. The van der Waals surface area contributed by atoms with Crippen molar-refractivity contribution in [2.45, 2.75) is 57.2 Å². The summed E-state index contributed by atoms with van der Waals surface area (Å²) in [4.78, 5) is 30.8. The molecule has 0 radical (unpaired) electrons. The van der Waals surface area contributed by atoms with E-state index in [0.29, 0.717) is 49.4 Å². The fourth-order valence-electron chi connectivity index (χ4n) is 6.88. The van der Waals surface area contributed by atoms with E-state index >= 15 is 0 Å². The van der Waals surface area contributed by atoms with Crippen LogP contribution in [0.15, 0.2) is 97.1 Å². The van der Waals surface area contributed by atoms with Crippen molar-refractivity contribution in [1.82, 2.24) is 10.2 Å². The smallest absolute Gasteiger partial charge is 0.406 e. The largest absolute Gasteiger partial charge is 0.457 e. The number of alkyl halides is 3. The van der Waals surface area contributed by atoms with Crippen molar-refractivity contribution in [3.05, 3.63) is 114 Å². The molecule has 0 saturated carbocycles. The summed E-state index contributed by atoms with van der Waals surface area (Å²) in [6.07, 6.45) is -1.05. The molecule has 48 heavy (non-hydrogen) atoms. The van der Waals surface area contributed by atoms with Crippen molar-refractivity contribution < 1.29 is 27.5 Å². The van der Waals surface area contributed by atoms with Gasteiger partial charge in [-0.1, -0.05) is 86.5 Å². The molecule has 1 N–H and O–H groups in total. The highest BCUT2D eigenvalue weighted by molar-refractivity contribution is 5.99. The predicted molar refractivity (Wildman–Crippen MR) is 182 cm³/mol. The van der Waals surface area contributed by atoms with E-state index in [9.17, 15) is 22.8 Å². The number of hydrogen-bond acceptors (Lipinski definition) is 4. The molecule has 6 rings (SSSR count). The van der Waals surface area contributed by atoms with Crippen LogP contribution in [0.4, 0.5) is 18.9 Å². The number of nitrogens with zero attached hydrogens (tertiary/aromatic N) is 2. The Morgan fingerprint density at radius 3 is 2.29 bits per heavy atom. The number of carbonyl (C=O) groups excluding carboxylic acids is 2. The Labute approximate surface area is 279 Å². The van der Waals surface area contributed by atoms with Crippen LogP contribution in [0.1, 0.15) is 66.4 Å². The van der Waals surface area contributed by atoms with Crippen LogP contribution >= 0.6 is 0 Å². The minimum Gasteiger partial charge on any atom is -0.457 e. The number of fused-ring (bicyclic) bond motifs is 3. The lowest BCUT2D eigenvalue weighted by atomic mass is 9.92. The second-order valence-corrected chi connectivity index (χ2v) is 12.5. The Hall–Kier alpha value is -4.79. The van der Waals surface area contributed by atoms with Crippen LogP contribution in [0, 0.1) is 0 Å². The number of unbranched alkanes of at least 4 members (excludes halogenated alkanes) is 2. The van der Waals surface area contributed by atoms with Crippen molar-refractivity contribution in [3.8, 4) is 22.6 Å². The molecule has 6 nitrogen and oxygen atoms in total. The fourth-order valence-corrected chi connectivity index (χ4v) is 6.88. The molecule has 0 aromatic heterocycles. The third kappa shape index (κ3) is 7.35. The molecule has 1 atom stereocenters. The average Bonchev–Trinajstić information content (AvgIpc) is 3.43. The Bertz CT molecular complexity index is 1740. The van der Waals surface area contributed by atoms with Gasteiger partial charge in [0.1, 0.15) is 18.0 Å². The zero-order chi connectivity index (χ0) is 33.7. The minimum absolute atomic E-state index is 0.0625. The Morgan fingerprint density at radius 1 is 0.854 bits per heavy atom. The van der Waals surface area contributed by atoms with Crippen LogP contribution in [0.3, 0.4) is 0 Å². The van der Waals surface area contributed by atoms with Gasteiger partial charge in [0.2, 0.25) is 5.91 Å². The zero-order valence-electron chi connectivity index (χ0n) is 27.0. The van der Waals surface area contributed by atoms with E-state index in [1.807, 2.05) is 85.8 Å². The van der Waals surface area contributed by atoms with E-state index in [1.54, 1.807) is 18.2 Å². The zero-order valence-corrected chi connectivity index (χ0v) is 27.0. The van der Waals surface area contributed by atoms with Gasteiger partial charge >= 0.3 is 6.18 Å². The van der Waals surface area contributed by atoms with Gasteiger partial charge in [-0.05, 0) is 66.3 Å². The number of para-hydroxylation sites is 2. The maximum atomic E-state index is 14.2. The monoisotopic (exact) mass is 655 g/mol. The molecule has 1 aliphatic carbocycles. The van der Waals surface area contributed by atoms with Crippen LogP contribution < -0.4 is 15.0 Å². The fraction of sp³-hybridized carbons (Fsp3) is 0.333. The second-order valence-electron chi connectivity index (χ2n) is 12.5. The van der Waals surface area contributed by atoms with E-state index in [1.165, 1.54) is 0 Å². The van der Waals surface area contributed by atoms with Gasteiger partial charge in [-0.2, -0.15) is 13.2 Å². The number of ether oxygens (including phenoxy) is 1. The summed E-state index contributed by atoms with van der Waals surface area (Å²) in [5.41, 5.74) is 4.58. The lowest BCUT2D eigenvalue weighted by Crippen LogP contribution is -2.45. The molecule has 0 bridgehead atoms. The average molecular weight is 656 g/mol. The number of carbonyl (C=O) groups is 2. The summed E-state index contributed by atoms with van der Waals surface area (Å²) in [5.74, 6) is -0.434. The Morgan fingerprint density at radius 2 is 1.54 bits per heavy atom. The van der Waals surface area contributed by atoms with Gasteiger partial charge in [0.25, 0.3) is 5.91 Å². The second kappa shape index (κ2) is 14.5. The molecule has 4 aromatic rings. The summed E-state index contributed by atoms with van der Waals surface area (Å²) in [6, 6.07) is 29.8. The molecule has 250 valence electrons. The number of piperidine rings is 1. The SMILES string of the molecule is CCCCCN(CC(F)(F)F)C(=O)C1c2ccccc2-c2cccc(N3CCC(NC(=O)c4ccccc4Oc4ccccc4)CC3)c21. The predicted octanol–water partition coefficient (Wildman–Crippen LogP) is 8.57. The molecule has 2 amide bonds. The molecule has 4 aromatic carbocycles. The highest BCUT2D eigenvalue weighted by Crippen LogP contribution is 2.50. The Kier molecular flexibility index (Phi) is 10.0. The molecule has 9 heteroatoms. The third-order valence-corrected chi connectivity index (χ3v) is 9.17. The number of benzene rings is 4. The summed E-state index contributed by atoms with van der Waals surface area (Å²) >= 11 is 0. The van der Waals surface area contributed by atoms with E-state index in [0.717, 1.165) is 45.7 Å². The number of amides is 2. The molecule has 1 fully saturated rings. The molecular formula is C39H40F3N3O3. The Balaban J connectivity index is 1.20. The summed E-state index contributed by atoms with van der Waals surface area (Å²) in [7, 11) is 0. The van der Waals surface area contributed by atoms with Crippen molar-refractivity contribution >= 4 is 17.5 Å². The lowest BCUT2D eigenvalue weighted by molar-refractivity contribution is -0.161. The van der Waals surface area contributed by atoms with Gasteiger partial charge in [0.15, 0.2) is 0 Å². The van der Waals surface area contributed by atoms with Gasteiger partial charge in [0, 0.05) is 36.9 Å². The minimum atomic E-state index is -4.50. The lowest BCUT2D eigenvalue weighted by Gasteiger charge is -2.36. The maximum absolute atomic E-state index is 14.2. The van der Waals surface area contributed by atoms with Crippen LogP contribution in [0.2, 0.25) is 0 Å². The first-order valence-electron chi connectivity index (χ1n) is 16.7. The van der Waals surface area contributed by atoms with Gasteiger partial charge < -0.3 is 19.9 Å². The molecular weight excluding hydrogens is 615 g/mol. The molecule has 1 aliphatic heterocycles. The normalized spacial score (nSPS) is 15.8. The van der Waals surface area contributed by atoms with Gasteiger partial charge in [-0.3, -0.25) is 9.59 Å². The van der Waals surface area contributed by atoms with E-state index in [4.69, 9.17) is 4.74 Å². The van der Waals surface area contributed by atoms with E-state index in [2.05, 4.69) is 10.2 Å². The molecule has 1 saturated heterocycles. The number of anilines is 1. The van der Waals surface area contributed by atoms with Gasteiger partial charge in [-0.15, -0.1) is 0 Å². The highest BCUT2D eigenvalue weighted by Gasteiger charge is 2.42. The number of halogens is 3. The van der Waals surface area contributed by atoms with Crippen LogP contribution in [-0.4, -0.2) is 55.1 Å². The van der Waals surface area contributed by atoms with Crippen molar-refractivity contribution in [2.75, 3.05) is 31.1 Å². The first-order chi connectivity index (χ1) is 23.2. The maximum Gasteiger partial charge on any atom is 0.406 e. The first-order valence-corrected chi connectivity index (χ1v) is 16.7. The molecule has 1 heterocycles. The summed E-state index contributed by atoms with van der Waals surface area (Å²) in [6.45, 7) is 2.01.